The smallest absolute Gasteiger partial charge is 0.251 e. The van der Waals surface area contributed by atoms with E-state index in [4.69, 9.17) is 5.14 Å². The molecule has 7 heteroatoms. The van der Waals surface area contributed by atoms with Gasteiger partial charge in [0, 0.05) is 22.3 Å². The van der Waals surface area contributed by atoms with Crippen LogP contribution in [0.15, 0.2) is 40.1 Å². The van der Waals surface area contributed by atoms with Gasteiger partial charge in [-0.3, -0.25) is 4.79 Å². The summed E-state index contributed by atoms with van der Waals surface area (Å²) in [6.07, 6.45) is 9.25. The molecule has 1 amide bonds. The van der Waals surface area contributed by atoms with Crippen LogP contribution in [0.4, 0.5) is 0 Å². The molecule has 0 saturated heterocycles. The lowest BCUT2D eigenvalue weighted by molar-refractivity contribution is 0.0953. The predicted molar refractivity (Wildman–Crippen MR) is 97.7 cm³/mol. The summed E-state index contributed by atoms with van der Waals surface area (Å²) in [7, 11) is -3.89. The van der Waals surface area contributed by atoms with Crippen molar-refractivity contribution in [2.45, 2.75) is 54.1 Å². The van der Waals surface area contributed by atoms with Crippen LogP contribution in [0.1, 0.15) is 49.4 Å². The number of allylic oxidation sites excluding steroid dienone is 1. The topological polar surface area (TPSA) is 89.3 Å². The lowest BCUT2D eigenvalue weighted by atomic mass is 10.1. The Morgan fingerprint density at radius 1 is 1.42 bits per heavy atom. The number of primary sulfonamides is 1. The van der Waals surface area contributed by atoms with E-state index >= 15 is 0 Å². The number of nitrogens with two attached hydrogens (primary N) is 1. The van der Waals surface area contributed by atoms with Gasteiger partial charge in [-0.25, -0.2) is 13.6 Å². The Kier molecular flexibility index (Phi) is 6.89. The third-order valence-electron chi connectivity index (χ3n) is 3.82. The summed E-state index contributed by atoms with van der Waals surface area (Å²) in [4.78, 5) is 12.8. The van der Waals surface area contributed by atoms with Crippen LogP contribution < -0.4 is 10.5 Å². The summed E-state index contributed by atoms with van der Waals surface area (Å²) in [5.41, 5.74) is 0.318. The molecule has 0 heterocycles. The van der Waals surface area contributed by atoms with Crippen LogP contribution in [0.2, 0.25) is 0 Å². The van der Waals surface area contributed by atoms with Crippen molar-refractivity contribution in [3.63, 3.8) is 0 Å². The van der Waals surface area contributed by atoms with E-state index in [0.29, 0.717) is 17.0 Å². The van der Waals surface area contributed by atoms with Crippen molar-refractivity contribution in [3.8, 4) is 0 Å². The summed E-state index contributed by atoms with van der Waals surface area (Å²) >= 11 is 1.48. The molecule has 0 aliphatic heterocycles. The second-order valence-electron chi connectivity index (χ2n) is 5.83. The van der Waals surface area contributed by atoms with Crippen molar-refractivity contribution in [2.24, 2.45) is 5.14 Å². The summed E-state index contributed by atoms with van der Waals surface area (Å²) < 4.78 is 23.9. The zero-order chi connectivity index (χ0) is 17.6. The predicted octanol–water partition coefficient (Wildman–Crippen LogP) is 3.06. The van der Waals surface area contributed by atoms with E-state index in [-0.39, 0.29) is 16.1 Å². The second-order valence-corrected chi connectivity index (χ2v) is 8.64. The lowest BCUT2D eigenvalue weighted by Crippen LogP contribution is -2.25. The van der Waals surface area contributed by atoms with E-state index in [1.165, 1.54) is 17.8 Å². The van der Waals surface area contributed by atoms with Gasteiger partial charge >= 0.3 is 0 Å². The second kappa shape index (κ2) is 8.69. The maximum absolute atomic E-state index is 12.1. The molecule has 1 atom stereocenters. The Morgan fingerprint density at radius 2 is 2.21 bits per heavy atom. The molecular formula is C17H24N2O3S2. The third kappa shape index (κ3) is 5.36. The van der Waals surface area contributed by atoms with Crippen LogP contribution >= 0.6 is 11.8 Å². The monoisotopic (exact) mass is 368 g/mol. The molecule has 5 nitrogen and oxygen atoms in total. The van der Waals surface area contributed by atoms with Gasteiger partial charge in [0.15, 0.2) is 0 Å². The Balaban J connectivity index is 2.23. The molecule has 0 saturated carbocycles. The zero-order valence-corrected chi connectivity index (χ0v) is 15.5. The standard InChI is InChI=1S/C17H24N2O3S2/c1-2-3-11-19-17(20)13-9-10-15(16(12-13)24(18,21)22)23-14-7-5-4-6-8-14/h5,7,9-10,12,14H,2-4,6,8,11H2,1H3,(H,19,20)(H2,18,21,22)/t14-/m0/s1. The summed E-state index contributed by atoms with van der Waals surface area (Å²) in [6.45, 7) is 2.61. The van der Waals surface area contributed by atoms with Crippen molar-refractivity contribution < 1.29 is 13.2 Å². The molecule has 2 rings (SSSR count). The maximum atomic E-state index is 12.1. The fraction of sp³-hybridized carbons (Fsp3) is 0.471. The summed E-state index contributed by atoms with van der Waals surface area (Å²) in [6, 6.07) is 4.72. The third-order valence-corrected chi connectivity index (χ3v) is 6.20. The molecule has 1 aromatic carbocycles. The number of thioether (sulfide) groups is 1. The molecule has 1 aliphatic rings. The number of nitrogens with one attached hydrogen (secondary N) is 1. The molecular weight excluding hydrogens is 344 g/mol. The maximum Gasteiger partial charge on any atom is 0.251 e. The average molecular weight is 369 g/mol. The lowest BCUT2D eigenvalue weighted by Gasteiger charge is -2.17. The van der Waals surface area contributed by atoms with Gasteiger partial charge in [0.1, 0.15) is 0 Å². The van der Waals surface area contributed by atoms with Crippen LogP contribution in [0.5, 0.6) is 0 Å². The molecule has 0 aromatic heterocycles. The largest absolute Gasteiger partial charge is 0.352 e. The molecule has 0 spiro atoms. The van der Waals surface area contributed by atoms with Gasteiger partial charge in [-0.15, -0.1) is 11.8 Å². The van der Waals surface area contributed by atoms with E-state index in [2.05, 4.69) is 17.5 Å². The average Bonchev–Trinajstić information content (AvgIpc) is 2.55. The first kappa shape index (κ1) is 19.0. The van der Waals surface area contributed by atoms with Crippen molar-refractivity contribution >= 4 is 27.7 Å². The first-order valence-corrected chi connectivity index (χ1v) is 10.6. The minimum absolute atomic E-state index is 0.0228. The number of amides is 1. The molecule has 24 heavy (non-hydrogen) atoms. The number of rotatable bonds is 7. The van der Waals surface area contributed by atoms with E-state index in [1.54, 1.807) is 12.1 Å². The summed E-state index contributed by atoms with van der Waals surface area (Å²) in [5, 5.41) is 8.39. The van der Waals surface area contributed by atoms with Gasteiger partial charge in [0.2, 0.25) is 10.0 Å². The fourth-order valence-electron chi connectivity index (χ4n) is 2.49. The highest BCUT2D eigenvalue weighted by Crippen LogP contribution is 2.34. The fourth-order valence-corrected chi connectivity index (χ4v) is 4.75. The number of carbonyl (C=O) groups is 1. The summed E-state index contributed by atoms with van der Waals surface area (Å²) in [5.74, 6) is -0.275. The number of sulfonamides is 1. The molecule has 1 aromatic rings. The Hall–Kier alpha value is -1.31. The van der Waals surface area contributed by atoms with Gasteiger partial charge in [-0.2, -0.15) is 0 Å². The molecule has 1 aliphatic carbocycles. The zero-order valence-electron chi connectivity index (χ0n) is 13.8. The van der Waals surface area contributed by atoms with Crippen LogP contribution in [0, 0.1) is 0 Å². The van der Waals surface area contributed by atoms with E-state index in [1.807, 2.05) is 6.92 Å². The molecule has 132 valence electrons. The number of hydrogen-bond acceptors (Lipinski definition) is 4. The quantitative estimate of drug-likeness (QED) is 0.572. The normalized spacial score (nSPS) is 17.7. The Bertz CT molecular complexity index is 715. The van der Waals surface area contributed by atoms with Crippen LogP contribution in [-0.2, 0) is 10.0 Å². The Labute approximate surface area is 148 Å². The molecule has 0 bridgehead atoms. The number of benzene rings is 1. The van der Waals surface area contributed by atoms with Crippen LogP contribution in [-0.4, -0.2) is 26.1 Å². The first-order valence-electron chi connectivity index (χ1n) is 8.20. The first-order chi connectivity index (χ1) is 11.4. The van der Waals surface area contributed by atoms with E-state index in [0.717, 1.165) is 32.1 Å². The SMILES string of the molecule is CCCCNC(=O)c1ccc(S[C@H]2C=CCCC2)c(S(N)(=O)=O)c1. The van der Waals surface area contributed by atoms with Gasteiger partial charge < -0.3 is 5.32 Å². The van der Waals surface area contributed by atoms with Crippen molar-refractivity contribution in [3.05, 3.63) is 35.9 Å². The highest BCUT2D eigenvalue weighted by Gasteiger charge is 2.20. The van der Waals surface area contributed by atoms with E-state index in [9.17, 15) is 13.2 Å². The van der Waals surface area contributed by atoms with Crippen LogP contribution in [0.25, 0.3) is 0 Å². The van der Waals surface area contributed by atoms with Gasteiger partial charge in [-0.1, -0.05) is 25.5 Å². The Morgan fingerprint density at radius 3 is 2.83 bits per heavy atom. The minimum atomic E-state index is -3.89. The van der Waals surface area contributed by atoms with Crippen LogP contribution in [0.3, 0.4) is 0 Å². The highest BCUT2D eigenvalue weighted by molar-refractivity contribution is 8.00. The van der Waals surface area contributed by atoms with Gasteiger partial charge in [0.05, 0.1) is 4.90 Å². The number of unbranched alkanes of at least 4 members (excludes halogenated alkanes) is 1. The molecule has 0 radical (unpaired) electrons. The van der Waals surface area contributed by atoms with Crippen molar-refractivity contribution in [1.29, 1.82) is 0 Å². The van der Waals surface area contributed by atoms with Crippen molar-refractivity contribution in [2.75, 3.05) is 6.54 Å². The van der Waals surface area contributed by atoms with Gasteiger partial charge in [0.25, 0.3) is 5.91 Å². The van der Waals surface area contributed by atoms with Gasteiger partial charge in [-0.05, 0) is 43.9 Å². The van der Waals surface area contributed by atoms with E-state index < -0.39 is 10.0 Å². The molecule has 0 unspecified atom stereocenters. The minimum Gasteiger partial charge on any atom is -0.352 e. The number of carbonyl (C=O) groups excluding carboxylic acids is 1. The molecule has 0 fully saturated rings. The van der Waals surface area contributed by atoms with Crippen molar-refractivity contribution in [1.82, 2.24) is 5.32 Å². The molecule has 3 N–H and O–H groups in total. The highest BCUT2D eigenvalue weighted by atomic mass is 32.2. The number of hydrogen-bond donors (Lipinski definition) is 2.